The van der Waals surface area contributed by atoms with Crippen molar-refractivity contribution < 1.29 is 39.3 Å². The van der Waals surface area contributed by atoms with Crippen molar-refractivity contribution >= 4 is 41.0 Å². The molecule has 1 atom stereocenters. The van der Waals surface area contributed by atoms with Crippen molar-refractivity contribution in [2.75, 3.05) is 27.7 Å². The van der Waals surface area contributed by atoms with Crippen LogP contribution < -0.4 is 15.3 Å². The summed E-state index contributed by atoms with van der Waals surface area (Å²) < 4.78 is 0.550. The molecule has 0 saturated carbocycles. The second-order valence-electron chi connectivity index (χ2n) is 8.89. The number of carboxylic acid groups (broad SMARTS) is 3. The van der Waals surface area contributed by atoms with E-state index in [-0.39, 0.29) is 41.3 Å². The van der Waals surface area contributed by atoms with E-state index in [1.165, 1.54) is 0 Å². The van der Waals surface area contributed by atoms with E-state index in [2.05, 4.69) is 0 Å². The summed E-state index contributed by atoms with van der Waals surface area (Å²) in [4.78, 5) is 30.8. The number of hydrogen-bond acceptors (Lipinski definition) is 7. The molecule has 9 heteroatoms. The third-order valence-corrected chi connectivity index (χ3v) is 4.38. The van der Waals surface area contributed by atoms with E-state index >= 15 is 0 Å². The quantitative estimate of drug-likeness (QED) is 0.271. The number of carbonyl (C=O) groups is 3. The Morgan fingerprint density at radius 1 is 0.719 bits per heavy atom. The number of hydrogen-bond donors (Lipinski definition) is 1. The maximum absolute atomic E-state index is 10.4. The molecule has 0 aliphatic carbocycles. The van der Waals surface area contributed by atoms with Crippen LogP contribution in [0.15, 0.2) is 0 Å². The van der Waals surface area contributed by atoms with Crippen LogP contribution >= 0.6 is 0 Å². The third kappa shape index (κ3) is 29.1. The maximum atomic E-state index is 10.4. The molecule has 8 nitrogen and oxygen atoms in total. The number of aliphatic hydroxyl groups excluding tert-OH is 1. The molecule has 32 heavy (non-hydrogen) atoms. The molecular formula is C23H45MgNO7. The molecule has 0 aliphatic heterocycles. The monoisotopic (exact) mass is 471 g/mol. The Kier molecular flexibility index (Phi) is 27.9. The molecule has 0 spiro atoms. The van der Waals surface area contributed by atoms with Crippen molar-refractivity contribution in [3.05, 3.63) is 0 Å². The first kappa shape index (κ1) is 38.4. The van der Waals surface area contributed by atoms with Crippen molar-refractivity contribution in [2.24, 2.45) is 11.8 Å². The van der Waals surface area contributed by atoms with Crippen LogP contribution in [0.2, 0.25) is 0 Å². The minimum absolute atomic E-state index is 0. The van der Waals surface area contributed by atoms with Crippen LogP contribution in [0.3, 0.4) is 0 Å². The molecule has 0 aromatic heterocycles. The van der Waals surface area contributed by atoms with Gasteiger partial charge in [0.1, 0.15) is 12.6 Å². The van der Waals surface area contributed by atoms with Crippen molar-refractivity contribution in [1.29, 1.82) is 0 Å². The first-order chi connectivity index (χ1) is 14.2. The number of aliphatic hydroxyl groups is 1. The Morgan fingerprint density at radius 3 is 1.16 bits per heavy atom. The molecule has 0 radical (unpaired) electrons. The van der Waals surface area contributed by atoms with E-state index in [1.54, 1.807) is 0 Å². The summed E-state index contributed by atoms with van der Waals surface area (Å²) in [6, 6.07) is 0. The molecule has 0 saturated heterocycles. The minimum atomic E-state index is -1.20. The van der Waals surface area contributed by atoms with Gasteiger partial charge >= 0.3 is 23.1 Å². The van der Waals surface area contributed by atoms with Crippen LogP contribution in [0.1, 0.15) is 85.5 Å². The van der Waals surface area contributed by atoms with E-state index < -0.39 is 24.0 Å². The summed E-state index contributed by atoms with van der Waals surface area (Å²) in [5, 5.41) is 39.9. The maximum Gasteiger partial charge on any atom is 2.00 e. The molecular weight excluding hydrogens is 427 g/mol. The predicted molar refractivity (Wildman–Crippen MR) is 121 cm³/mol. The molecule has 0 heterocycles. The Labute approximate surface area is 211 Å². The van der Waals surface area contributed by atoms with Gasteiger partial charge in [-0.25, -0.2) is 0 Å². The Hall–Kier alpha value is -0.904. The SMILES string of the molecule is CCCC(CCC)C(=O)[O-].CCCC(CCC)C(=O)[O-].C[N+](C)(C)CC(O)CC(=O)[O-].[Mg+2]. The van der Waals surface area contributed by atoms with Crippen LogP contribution in [-0.2, 0) is 14.4 Å². The number of carboxylic acids is 3. The van der Waals surface area contributed by atoms with Crippen LogP contribution in [0, 0.1) is 11.8 Å². The van der Waals surface area contributed by atoms with Gasteiger partial charge in [-0.3, -0.25) is 0 Å². The van der Waals surface area contributed by atoms with Gasteiger partial charge in [0.05, 0.1) is 21.1 Å². The Morgan fingerprint density at radius 2 is 1.00 bits per heavy atom. The molecule has 0 rings (SSSR count). The van der Waals surface area contributed by atoms with Gasteiger partial charge < -0.3 is 39.3 Å². The number of nitrogens with zero attached hydrogens (tertiary/aromatic N) is 1. The topological polar surface area (TPSA) is 141 Å². The molecule has 1 N–H and O–H groups in total. The molecule has 0 aliphatic rings. The van der Waals surface area contributed by atoms with Gasteiger partial charge in [0, 0.05) is 24.3 Å². The largest absolute Gasteiger partial charge is 2.00 e. The predicted octanol–water partition coefficient (Wildman–Crippen LogP) is -0.282. The number of rotatable bonds is 14. The molecule has 0 amide bonds. The van der Waals surface area contributed by atoms with Crippen LogP contribution in [0.4, 0.5) is 0 Å². The fraction of sp³-hybridized carbons (Fsp3) is 0.870. The first-order valence-electron chi connectivity index (χ1n) is 11.3. The van der Waals surface area contributed by atoms with Gasteiger partial charge in [-0.15, -0.1) is 0 Å². The van der Waals surface area contributed by atoms with Crippen molar-refractivity contribution in [3.8, 4) is 0 Å². The zero-order chi connectivity index (χ0) is 25.0. The number of likely N-dealkylation sites (N-methyl/N-ethyl adjacent to an activating group) is 1. The van der Waals surface area contributed by atoms with E-state index in [0.717, 1.165) is 51.4 Å². The van der Waals surface area contributed by atoms with Gasteiger partial charge in [-0.05, 0) is 37.5 Å². The van der Waals surface area contributed by atoms with Crippen LogP contribution in [0.25, 0.3) is 0 Å². The fourth-order valence-electron chi connectivity index (χ4n) is 3.04. The summed E-state index contributed by atoms with van der Waals surface area (Å²) in [6.07, 6.45) is 5.67. The second kappa shape index (κ2) is 23.3. The number of quaternary nitrogens is 1. The first-order valence-corrected chi connectivity index (χ1v) is 11.3. The number of carbonyl (C=O) groups excluding carboxylic acids is 3. The molecule has 0 bridgehead atoms. The summed E-state index contributed by atoms with van der Waals surface area (Å²) in [5.41, 5.74) is 0. The minimum Gasteiger partial charge on any atom is -0.550 e. The Bertz CT molecular complexity index is 443. The van der Waals surface area contributed by atoms with E-state index in [9.17, 15) is 29.7 Å². The molecule has 0 fully saturated rings. The smallest absolute Gasteiger partial charge is 0.550 e. The van der Waals surface area contributed by atoms with Gasteiger partial charge in [0.2, 0.25) is 0 Å². The summed E-state index contributed by atoms with van der Waals surface area (Å²) >= 11 is 0. The number of aliphatic carboxylic acids is 3. The van der Waals surface area contributed by atoms with E-state index in [1.807, 2.05) is 48.8 Å². The van der Waals surface area contributed by atoms with Crippen LogP contribution in [0.5, 0.6) is 0 Å². The van der Waals surface area contributed by atoms with Crippen LogP contribution in [-0.4, -0.2) is 84.3 Å². The van der Waals surface area contributed by atoms with Gasteiger partial charge in [-0.2, -0.15) is 0 Å². The molecule has 1 unspecified atom stereocenters. The normalized spacial score (nSPS) is 11.4. The van der Waals surface area contributed by atoms with Gasteiger partial charge in [-0.1, -0.05) is 53.4 Å². The zero-order valence-corrected chi connectivity index (χ0v) is 22.8. The zero-order valence-electron chi connectivity index (χ0n) is 21.4. The second-order valence-corrected chi connectivity index (χ2v) is 8.89. The van der Waals surface area contributed by atoms with Crippen molar-refractivity contribution in [3.63, 3.8) is 0 Å². The Balaban J connectivity index is -0.000000181. The molecule has 0 aromatic rings. The van der Waals surface area contributed by atoms with Gasteiger partial charge in [0.15, 0.2) is 0 Å². The van der Waals surface area contributed by atoms with Gasteiger partial charge in [0.25, 0.3) is 0 Å². The molecule has 186 valence electrons. The summed E-state index contributed by atoms with van der Waals surface area (Å²) in [7, 11) is 5.66. The summed E-state index contributed by atoms with van der Waals surface area (Å²) in [5.74, 6) is -3.40. The van der Waals surface area contributed by atoms with Crippen molar-refractivity contribution in [2.45, 2.75) is 91.6 Å². The van der Waals surface area contributed by atoms with E-state index in [4.69, 9.17) is 5.11 Å². The molecule has 0 aromatic carbocycles. The average Bonchev–Trinajstić information content (AvgIpc) is 2.60. The summed E-state index contributed by atoms with van der Waals surface area (Å²) in [6.45, 7) is 8.39. The van der Waals surface area contributed by atoms with E-state index in [0.29, 0.717) is 11.0 Å². The average molecular weight is 472 g/mol. The van der Waals surface area contributed by atoms with Crippen molar-refractivity contribution in [1.82, 2.24) is 0 Å². The fourth-order valence-corrected chi connectivity index (χ4v) is 3.04. The third-order valence-electron chi connectivity index (χ3n) is 4.38. The standard InChI is InChI=1S/2C8H16O2.C7H15NO3.Mg/c2*1-3-5-7(6-4-2)8(9)10;1-8(2,3)5-6(9)4-7(10)11;/h2*7H,3-6H2,1-2H3,(H,9,10);6,9H,4-5H2,1-3H3;/q;;;+2/p-2.